The van der Waals surface area contributed by atoms with Crippen molar-refractivity contribution in [3.8, 4) is 22.6 Å². The number of primary amides is 1. The van der Waals surface area contributed by atoms with Crippen LogP contribution < -0.4 is 26.5 Å². The molecule has 9 unspecified atom stereocenters. The molecule has 4 heterocycles. The number of aromatic nitrogens is 1. The number of rotatable bonds is 12. The number of hydrogen-bond acceptors (Lipinski definition) is 14. The Kier molecular flexibility index (Phi) is 14.7. The summed E-state index contributed by atoms with van der Waals surface area (Å²) in [5.74, 6) is -1.75. The number of aromatic amines is 1. The minimum Gasteiger partial charge on any atom is -0.508 e. The van der Waals surface area contributed by atoms with Crippen molar-refractivity contribution >= 4 is 50.0 Å². The van der Waals surface area contributed by atoms with E-state index < -0.39 is 53.3 Å². The van der Waals surface area contributed by atoms with E-state index in [4.69, 9.17) is 24.4 Å². The Balaban J connectivity index is 1.10. The van der Waals surface area contributed by atoms with Gasteiger partial charge in [-0.05, 0) is 109 Å². The van der Waals surface area contributed by atoms with Crippen LogP contribution >= 0.6 is 21.6 Å². The van der Waals surface area contributed by atoms with Gasteiger partial charge in [-0.3, -0.25) is 9.59 Å². The van der Waals surface area contributed by atoms with Crippen LogP contribution in [0, 0.1) is 11.8 Å². The van der Waals surface area contributed by atoms with Gasteiger partial charge in [-0.1, -0.05) is 83.1 Å². The number of phenols is 1. The van der Waals surface area contributed by atoms with Gasteiger partial charge in [-0.15, -0.1) is 0 Å². The molecule has 0 spiro atoms. The number of carboxylic acid groups (broad SMARTS) is 1. The van der Waals surface area contributed by atoms with Crippen molar-refractivity contribution in [2.45, 2.75) is 61.8 Å². The highest BCUT2D eigenvalue weighted by Crippen LogP contribution is 2.42. The van der Waals surface area contributed by atoms with Crippen LogP contribution in [0.5, 0.6) is 11.5 Å². The number of phenolic OH excluding ortho intramolecular Hbond substituents is 1. The number of aliphatic carboxylic acids is 1. The third-order valence-electron chi connectivity index (χ3n) is 12.8. The molecule has 8 rings (SSSR count). The SMILES string of the molecule is CNCCC1C=CC(=CCC(C)C2CNCC3(O)C(Oc4ccc5c(=O)c(-c6ccc(O)cc6)c(C(N)=O)oc5c4)OC(C(=O)O)C(O)C3OCSSCC2c2cc[nH]c2)c2ccccc21. The molecule has 15 nitrogen and oxygen atoms in total. The summed E-state index contributed by atoms with van der Waals surface area (Å²) < 4.78 is 24.2. The molecule has 1 aliphatic carbocycles. The fourth-order valence-electron chi connectivity index (χ4n) is 9.30. The molecule has 3 aromatic carbocycles. The minimum absolute atomic E-state index is 0.0125. The second kappa shape index (κ2) is 20.7. The molecule has 2 saturated heterocycles. The number of nitrogens with one attached hydrogen (secondary N) is 3. The second-order valence-corrected chi connectivity index (χ2v) is 19.5. The number of carbonyl (C=O) groups excluding carboxylic acids is 1. The highest BCUT2D eigenvalue weighted by Gasteiger charge is 2.59. The Morgan fingerprint density at radius 2 is 1.91 bits per heavy atom. The molecule has 3 aliphatic rings. The van der Waals surface area contributed by atoms with Gasteiger partial charge in [0, 0.05) is 36.7 Å². The predicted molar refractivity (Wildman–Crippen MR) is 254 cm³/mol. The maximum Gasteiger partial charge on any atom is 0.335 e. The fraction of sp³-hybridized carbons (Fsp3) is 0.367. The van der Waals surface area contributed by atoms with Crippen LogP contribution in [0.1, 0.15) is 58.8 Å². The average molecular weight is 939 g/mol. The molecule has 2 fully saturated rings. The van der Waals surface area contributed by atoms with E-state index in [9.17, 15) is 34.8 Å². The first-order chi connectivity index (χ1) is 31.9. The average Bonchev–Trinajstić information content (AvgIpc) is 3.84. The van der Waals surface area contributed by atoms with Crippen molar-refractivity contribution in [3.63, 3.8) is 0 Å². The molecule has 5 aromatic rings. The molecular formula is C49H54N4O11S2. The Hall–Kier alpha value is -5.37. The zero-order valence-corrected chi connectivity index (χ0v) is 38.1. The van der Waals surface area contributed by atoms with Gasteiger partial charge >= 0.3 is 5.97 Å². The molecule has 9 N–H and O–H groups in total. The number of carbonyl (C=O) groups is 2. The molecule has 0 bridgehead atoms. The molecule has 66 heavy (non-hydrogen) atoms. The number of nitrogens with two attached hydrogens (primary N) is 1. The van der Waals surface area contributed by atoms with E-state index in [1.165, 1.54) is 70.0 Å². The van der Waals surface area contributed by atoms with Gasteiger partial charge in [-0.25, -0.2) is 4.79 Å². The van der Waals surface area contributed by atoms with E-state index in [0.717, 1.165) is 30.7 Å². The third-order valence-corrected chi connectivity index (χ3v) is 14.9. The van der Waals surface area contributed by atoms with Crippen molar-refractivity contribution in [1.29, 1.82) is 0 Å². The number of ether oxygens (including phenoxy) is 3. The number of aliphatic hydroxyl groups is 2. The second-order valence-electron chi connectivity index (χ2n) is 17.0. The first-order valence-corrected chi connectivity index (χ1v) is 24.3. The molecule has 348 valence electrons. The number of fused-ring (bicyclic) bond motifs is 3. The number of aliphatic hydroxyl groups excluding tert-OH is 1. The van der Waals surface area contributed by atoms with Gasteiger partial charge in [0.25, 0.3) is 5.91 Å². The Labute approximate surface area is 389 Å². The van der Waals surface area contributed by atoms with Crippen molar-refractivity contribution in [2.75, 3.05) is 38.4 Å². The predicted octanol–water partition coefficient (Wildman–Crippen LogP) is 5.97. The van der Waals surface area contributed by atoms with Crippen LogP contribution in [0.2, 0.25) is 0 Å². The van der Waals surface area contributed by atoms with Gasteiger partial charge in [0.2, 0.25) is 17.5 Å². The lowest BCUT2D eigenvalue weighted by molar-refractivity contribution is -0.316. The lowest BCUT2D eigenvalue weighted by Crippen LogP contribution is -2.72. The van der Waals surface area contributed by atoms with Gasteiger partial charge in [0.15, 0.2) is 11.7 Å². The highest BCUT2D eigenvalue weighted by molar-refractivity contribution is 8.76. The Bertz CT molecular complexity index is 2640. The van der Waals surface area contributed by atoms with Crippen LogP contribution in [0.3, 0.4) is 0 Å². The van der Waals surface area contributed by atoms with Crippen LogP contribution in [-0.4, -0.2) is 106 Å². The fourth-order valence-corrected chi connectivity index (χ4v) is 11.4. The van der Waals surface area contributed by atoms with E-state index in [2.05, 4.69) is 71.1 Å². The van der Waals surface area contributed by atoms with Crippen molar-refractivity contribution in [1.82, 2.24) is 15.6 Å². The summed E-state index contributed by atoms with van der Waals surface area (Å²) in [6.45, 7) is 3.30. The van der Waals surface area contributed by atoms with Crippen molar-refractivity contribution in [3.05, 3.63) is 136 Å². The number of aromatic hydroxyl groups is 1. The van der Waals surface area contributed by atoms with E-state index in [1.807, 2.05) is 19.4 Å². The number of β-amino-alcohol motifs (C(OH)–C–C–N with tert-alkyl or cyclic N) is 1. The number of hydrogen-bond donors (Lipinski definition) is 8. The first-order valence-electron chi connectivity index (χ1n) is 21.8. The normalized spacial score (nSPS) is 27.0. The number of carboxylic acids is 1. The molecule has 0 saturated carbocycles. The van der Waals surface area contributed by atoms with E-state index in [0.29, 0.717) is 18.0 Å². The standard InChI is InChI=1S/C49H54N4O11S2/c1-27(7-8-28-9-10-29(17-19-51-2)35-6-4-3-5-34(28)35)37-23-53-25-49(60)45(61-26-66-65-24-38(37)31-18-20-52-22-31)42(56)44(47(58)59)64-48(49)62-33-15-16-36-39(21-33)63-43(46(50)57)40(41(36)55)30-11-13-32(54)14-12-30/h3-6,8-16,18,20-22,27,29,37-38,42,44-45,48,51-54,56,60H,7,17,19,23-26H2,1-2H3,(H2,50,57)(H,58,59). The monoisotopic (exact) mass is 938 g/mol. The summed E-state index contributed by atoms with van der Waals surface area (Å²) in [4.78, 5) is 42.2. The largest absolute Gasteiger partial charge is 0.508 e. The lowest BCUT2D eigenvalue weighted by atomic mass is 9.77. The molecule has 9 atom stereocenters. The van der Waals surface area contributed by atoms with E-state index in [1.54, 1.807) is 10.8 Å². The Morgan fingerprint density at radius 1 is 1.11 bits per heavy atom. The molecule has 2 aromatic heterocycles. The molecule has 17 heteroatoms. The molecule has 2 aliphatic heterocycles. The summed E-state index contributed by atoms with van der Waals surface area (Å²) in [7, 11) is 4.95. The molecule has 1 amide bonds. The van der Waals surface area contributed by atoms with Crippen molar-refractivity contribution in [2.24, 2.45) is 17.6 Å². The lowest BCUT2D eigenvalue weighted by Gasteiger charge is -2.48. The summed E-state index contributed by atoms with van der Waals surface area (Å²) in [5, 5.41) is 51.1. The Morgan fingerprint density at radius 3 is 2.65 bits per heavy atom. The molecular weight excluding hydrogens is 885 g/mol. The minimum atomic E-state index is -2.19. The first kappa shape index (κ1) is 47.1. The zero-order chi connectivity index (χ0) is 46.5. The summed E-state index contributed by atoms with van der Waals surface area (Å²) >= 11 is 0. The maximum absolute atomic E-state index is 13.8. The van der Waals surface area contributed by atoms with Crippen LogP contribution in [0.15, 0.2) is 113 Å². The number of benzene rings is 3. The van der Waals surface area contributed by atoms with Gasteiger partial charge < -0.3 is 60.4 Å². The molecule has 0 radical (unpaired) electrons. The number of H-pyrrole nitrogens is 1. The van der Waals surface area contributed by atoms with Crippen molar-refractivity contribution < 1.29 is 48.6 Å². The van der Waals surface area contributed by atoms with Crippen LogP contribution in [0.4, 0.5) is 0 Å². The van der Waals surface area contributed by atoms with E-state index in [-0.39, 0.29) is 58.3 Å². The van der Waals surface area contributed by atoms with Crippen LogP contribution in [-0.2, 0) is 14.3 Å². The number of allylic oxidation sites excluding steroid dienone is 4. The number of amides is 1. The summed E-state index contributed by atoms with van der Waals surface area (Å²) in [6, 6.07) is 20.4. The quantitative estimate of drug-likeness (QED) is 0.0673. The van der Waals surface area contributed by atoms with Crippen LogP contribution in [0.25, 0.3) is 27.7 Å². The summed E-state index contributed by atoms with van der Waals surface area (Å²) in [6.07, 6.45) is 5.62. The smallest absolute Gasteiger partial charge is 0.335 e. The third kappa shape index (κ3) is 9.85. The summed E-state index contributed by atoms with van der Waals surface area (Å²) in [5.41, 5.74) is 7.87. The van der Waals surface area contributed by atoms with E-state index >= 15 is 0 Å². The van der Waals surface area contributed by atoms with Gasteiger partial charge in [0.05, 0.1) is 10.9 Å². The van der Waals surface area contributed by atoms with Gasteiger partial charge in [-0.2, -0.15) is 0 Å². The highest BCUT2D eigenvalue weighted by atomic mass is 33.1. The zero-order valence-electron chi connectivity index (χ0n) is 36.4. The maximum atomic E-state index is 13.8. The topological polar surface area (TPSA) is 239 Å². The van der Waals surface area contributed by atoms with Gasteiger partial charge in [0.1, 0.15) is 35.2 Å².